The molecule has 0 aromatic carbocycles. The van der Waals surface area contributed by atoms with E-state index in [0.29, 0.717) is 6.42 Å². The molecule has 0 aliphatic heterocycles. The van der Waals surface area contributed by atoms with Crippen molar-refractivity contribution < 1.29 is 9.53 Å². The van der Waals surface area contributed by atoms with Gasteiger partial charge in [0.25, 0.3) is 0 Å². The van der Waals surface area contributed by atoms with E-state index in [1.54, 1.807) is 0 Å². The van der Waals surface area contributed by atoms with Crippen LogP contribution in [0.5, 0.6) is 0 Å². The van der Waals surface area contributed by atoms with Crippen LogP contribution in [0.4, 0.5) is 0 Å². The van der Waals surface area contributed by atoms with Crippen molar-refractivity contribution in [1.29, 1.82) is 0 Å². The van der Waals surface area contributed by atoms with E-state index in [1.165, 1.54) is 64.9 Å². The van der Waals surface area contributed by atoms with Crippen molar-refractivity contribution >= 4 is 29.2 Å². The quantitative estimate of drug-likeness (QED) is 0.169. The lowest BCUT2D eigenvalue weighted by molar-refractivity contribution is -0.140. The van der Waals surface area contributed by atoms with E-state index in [1.807, 2.05) is 0 Å². The van der Waals surface area contributed by atoms with E-state index in [2.05, 4.69) is 11.7 Å². The Kier molecular flexibility index (Phi) is 16.9. The third-order valence-electron chi connectivity index (χ3n) is 4.37. The number of hydrogen-bond acceptors (Lipinski definition) is 2. The Balaban J connectivity index is 3.15. The van der Waals surface area contributed by atoms with Gasteiger partial charge in [0, 0.05) is 17.2 Å². The van der Waals surface area contributed by atoms with Gasteiger partial charge in [0.05, 0.1) is 7.11 Å². The minimum absolute atomic E-state index is 0.0817. The standard InChI is InChI=1S/C19H36Cl2O2/c1-3-17(20)18(21)15-13-11-9-7-5-4-6-8-10-12-14-16-19(22)23-2/h17-18H,3-16H2,1-2H3/t17-,18-/m1/s1. The van der Waals surface area contributed by atoms with Gasteiger partial charge in [-0.05, 0) is 19.3 Å². The molecule has 0 rings (SSSR count). The second-order valence-electron chi connectivity index (χ2n) is 6.44. The zero-order valence-corrected chi connectivity index (χ0v) is 16.6. The number of halogens is 2. The number of esters is 1. The van der Waals surface area contributed by atoms with Crippen molar-refractivity contribution in [2.24, 2.45) is 0 Å². The highest BCUT2D eigenvalue weighted by molar-refractivity contribution is 6.29. The fraction of sp³-hybridized carbons (Fsp3) is 0.947. The van der Waals surface area contributed by atoms with Gasteiger partial charge in [0.2, 0.25) is 0 Å². The highest BCUT2D eigenvalue weighted by Gasteiger charge is 2.13. The number of carbonyl (C=O) groups excluding carboxylic acids is 1. The second-order valence-corrected chi connectivity index (χ2v) is 7.57. The molecule has 0 saturated carbocycles. The first-order valence-electron chi connectivity index (χ1n) is 9.46. The summed E-state index contributed by atoms with van der Waals surface area (Å²) in [6.45, 7) is 2.09. The summed E-state index contributed by atoms with van der Waals surface area (Å²) >= 11 is 12.4. The van der Waals surface area contributed by atoms with Crippen LogP contribution >= 0.6 is 23.2 Å². The van der Waals surface area contributed by atoms with Gasteiger partial charge in [-0.3, -0.25) is 4.79 Å². The molecule has 0 heterocycles. The zero-order chi connectivity index (χ0) is 17.3. The number of methoxy groups -OCH3 is 1. The third-order valence-corrected chi connectivity index (χ3v) is 5.64. The van der Waals surface area contributed by atoms with Gasteiger partial charge in [0.1, 0.15) is 0 Å². The minimum Gasteiger partial charge on any atom is -0.469 e. The predicted molar refractivity (Wildman–Crippen MR) is 102 cm³/mol. The lowest BCUT2D eigenvalue weighted by atomic mass is 10.0. The van der Waals surface area contributed by atoms with E-state index >= 15 is 0 Å². The number of alkyl halides is 2. The molecule has 0 fully saturated rings. The lowest BCUT2D eigenvalue weighted by Crippen LogP contribution is -2.13. The molecule has 0 bridgehead atoms. The van der Waals surface area contributed by atoms with Gasteiger partial charge >= 0.3 is 5.97 Å². The number of hydrogen-bond donors (Lipinski definition) is 0. The highest BCUT2D eigenvalue weighted by atomic mass is 35.5. The molecule has 138 valence electrons. The van der Waals surface area contributed by atoms with Gasteiger partial charge in [0.15, 0.2) is 0 Å². The van der Waals surface area contributed by atoms with E-state index in [0.717, 1.165) is 25.7 Å². The van der Waals surface area contributed by atoms with Gasteiger partial charge in [-0.2, -0.15) is 0 Å². The minimum atomic E-state index is -0.0817. The van der Waals surface area contributed by atoms with Crippen molar-refractivity contribution in [3.05, 3.63) is 0 Å². The second kappa shape index (κ2) is 16.9. The third kappa shape index (κ3) is 15.3. The smallest absolute Gasteiger partial charge is 0.305 e. The summed E-state index contributed by atoms with van der Waals surface area (Å²) in [6.07, 6.45) is 16.4. The summed E-state index contributed by atoms with van der Waals surface area (Å²) in [5.41, 5.74) is 0. The number of ether oxygens (including phenoxy) is 1. The molecule has 0 aliphatic carbocycles. The summed E-state index contributed by atoms with van der Waals surface area (Å²) in [6, 6.07) is 0. The molecule has 0 unspecified atom stereocenters. The summed E-state index contributed by atoms with van der Waals surface area (Å²) in [4.78, 5) is 10.9. The topological polar surface area (TPSA) is 26.3 Å². The van der Waals surface area contributed by atoms with Crippen LogP contribution in [0.1, 0.15) is 96.8 Å². The van der Waals surface area contributed by atoms with Crippen molar-refractivity contribution in [2.75, 3.05) is 7.11 Å². The van der Waals surface area contributed by atoms with E-state index in [4.69, 9.17) is 23.2 Å². The number of unbranched alkanes of at least 4 members (excludes halogenated alkanes) is 10. The molecule has 0 saturated heterocycles. The van der Waals surface area contributed by atoms with Crippen LogP contribution in [0.15, 0.2) is 0 Å². The lowest BCUT2D eigenvalue weighted by Gasteiger charge is -2.13. The fourth-order valence-corrected chi connectivity index (χ4v) is 3.20. The summed E-state index contributed by atoms with van der Waals surface area (Å²) in [7, 11) is 1.45. The van der Waals surface area contributed by atoms with Gasteiger partial charge < -0.3 is 4.74 Å². The summed E-state index contributed by atoms with van der Waals surface area (Å²) in [5, 5.41) is 0.269. The fourth-order valence-electron chi connectivity index (χ4n) is 2.74. The van der Waals surface area contributed by atoms with Crippen molar-refractivity contribution in [3.8, 4) is 0 Å². The maximum Gasteiger partial charge on any atom is 0.305 e. The summed E-state index contributed by atoms with van der Waals surface area (Å²) < 4.78 is 4.63. The maximum absolute atomic E-state index is 10.9. The molecule has 2 nitrogen and oxygen atoms in total. The van der Waals surface area contributed by atoms with Crippen LogP contribution in [0.3, 0.4) is 0 Å². The Morgan fingerprint density at radius 1 is 0.783 bits per heavy atom. The van der Waals surface area contributed by atoms with Gasteiger partial charge in [-0.25, -0.2) is 0 Å². The average molecular weight is 367 g/mol. The van der Waals surface area contributed by atoms with Crippen molar-refractivity contribution in [3.63, 3.8) is 0 Å². The molecule has 0 N–H and O–H groups in total. The molecular formula is C19H36Cl2O2. The predicted octanol–water partition coefficient (Wildman–Crippen LogP) is 6.86. The Morgan fingerprint density at radius 2 is 1.22 bits per heavy atom. The summed E-state index contributed by atoms with van der Waals surface area (Å²) in [5.74, 6) is -0.0817. The van der Waals surface area contributed by atoms with Gasteiger partial charge in [-0.1, -0.05) is 71.1 Å². The van der Waals surface area contributed by atoms with E-state index in [9.17, 15) is 4.79 Å². The zero-order valence-electron chi connectivity index (χ0n) is 15.1. The maximum atomic E-state index is 10.9. The normalized spacial score (nSPS) is 13.7. The molecule has 0 aromatic rings. The van der Waals surface area contributed by atoms with Crippen LogP contribution < -0.4 is 0 Å². The van der Waals surface area contributed by atoms with E-state index in [-0.39, 0.29) is 16.7 Å². The molecule has 0 radical (unpaired) electrons. The molecule has 0 aromatic heterocycles. The van der Waals surface area contributed by atoms with E-state index < -0.39 is 0 Å². The first-order chi connectivity index (χ1) is 11.1. The van der Waals surface area contributed by atoms with Crippen LogP contribution in [-0.2, 0) is 9.53 Å². The molecule has 4 heteroatoms. The van der Waals surface area contributed by atoms with Crippen LogP contribution in [0, 0.1) is 0 Å². The Labute approximate surface area is 153 Å². The first-order valence-corrected chi connectivity index (χ1v) is 10.3. The molecule has 0 aliphatic rings. The van der Waals surface area contributed by atoms with Crippen LogP contribution in [-0.4, -0.2) is 23.8 Å². The monoisotopic (exact) mass is 366 g/mol. The Morgan fingerprint density at radius 3 is 1.65 bits per heavy atom. The van der Waals surface area contributed by atoms with Crippen molar-refractivity contribution in [1.82, 2.24) is 0 Å². The Hall–Kier alpha value is 0.0500. The van der Waals surface area contributed by atoms with Crippen molar-refractivity contribution in [2.45, 2.75) is 108 Å². The molecule has 0 spiro atoms. The largest absolute Gasteiger partial charge is 0.469 e. The van der Waals surface area contributed by atoms with Crippen LogP contribution in [0.2, 0.25) is 0 Å². The Bertz CT molecular complexity index is 272. The van der Waals surface area contributed by atoms with Gasteiger partial charge in [-0.15, -0.1) is 23.2 Å². The molecule has 23 heavy (non-hydrogen) atoms. The molecular weight excluding hydrogens is 331 g/mol. The van der Waals surface area contributed by atoms with Crippen LogP contribution in [0.25, 0.3) is 0 Å². The SMILES string of the molecule is CC[C@@H](Cl)[C@H](Cl)CCCCCCCCCCCCCC(=O)OC. The first kappa shape index (κ1) is 23.1. The average Bonchev–Trinajstić information content (AvgIpc) is 2.57. The highest BCUT2D eigenvalue weighted by Crippen LogP contribution is 2.20. The number of rotatable bonds is 16. The molecule has 2 atom stereocenters. The molecule has 0 amide bonds. The number of carbonyl (C=O) groups is 1.